The van der Waals surface area contributed by atoms with E-state index in [1.165, 1.54) is 7.11 Å². The molecule has 0 aliphatic rings. The lowest BCUT2D eigenvalue weighted by Crippen LogP contribution is -2.49. The fraction of sp³-hybridized carbons (Fsp3) is 0.667. The van der Waals surface area contributed by atoms with E-state index in [9.17, 15) is 14.4 Å². The number of amides is 2. The zero-order valence-electron chi connectivity index (χ0n) is 9.60. The highest BCUT2D eigenvalue weighted by Gasteiger charge is 2.23. The number of carbonyl (C=O) groups is 3. The lowest BCUT2D eigenvalue weighted by Gasteiger charge is -2.16. The maximum atomic E-state index is 11.3. The normalized spacial score (nSPS) is 13.5. The van der Waals surface area contributed by atoms with Gasteiger partial charge in [-0.15, -0.1) is 0 Å². The molecule has 0 aromatic rings. The Morgan fingerprint density at radius 2 is 1.82 bits per heavy atom. The Kier molecular flexibility index (Phi) is 6.64. The molecule has 8 heteroatoms. The molecule has 4 N–H and O–H groups in total. The van der Waals surface area contributed by atoms with E-state index in [2.05, 4.69) is 10.6 Å². The maximum absolute atomic E-state index is 11.3. The lowest BCUT2D eigenvalue weighted by atomic mass is 10.2. The predicted molar refractivity (Wildman–Crippen MR) is 56.7 cm³/mol. The number of nitrogens with one attached hydrogen (secondary N) is 2. The molecule has 0 saturated carbocycles. The Labute approximate surface area is 97.9 Å². The van der Waals surface area contributed by atoms with Gasteiger partial charge in [-0.1, -0.05) is 0 Å². The van der Waals surface area contributed by atoms with Gasteiger partial charge >= 0.3 is 18.0 Å². The van der Waals surface area contributed by atoms with Gasteiger partial charge in [-0.2, -0.15) is 0 Å². The fourth-order valence-corrected chi connectivity index (χ4v) is 1.09. The van der Waals surface area contributed by atoms with Crippen LogP contribution < -0.4 is 10.6 Å². The van der Waals surface area contributed by atoms with Crippen LogP contribution in [0.2, 0.25) is 0 Å². The monoisotopic (exact) mass is 248 g/mol. The topological polar surface area (TPSA) is 125 Å². The van der Waals surface area contributed by atoms with Crippen molar-refractivity contribution in [2.45, 2.75) is 25.4 Å². The second kappa shape index (κ2) is 7.44. The first kappa shape index (κ1) is 15.2. The van der Waals surface area contributed by atoms with E-state index >= 15 is 0 Å². The van der Waals surface area contributed by atoms with E-state index in [0.29, 0.717) is 0 Å². The third kappa shape index (κ3) is 7.12. The molecule has 17 heavy (non-hydrogen) atoms. The summed E-state index contributed by atoms with van der Waals surface area (Å²) in [4.78, 5) is 32.3. The van der Waals surface area contributed by atoms with Gasteiger partial charge in [-0.25, -0.2) is 9.59 Å². The van der Waals surface area contributed by atoms with E-state index in [4.69, 9.17) is 14.9 Å². The molecule has 0 radical (unpaired) electrons. The van der Waals surface area contributed by atoms with Gasteiger partial charge in [0.1, 0.15) is 6.04 Å². The number of methoxy groups -OCH3 is 1. The van der Waals surface area contributed by atoms with Gasteiger partial charge in [0.25, 0.3) is 0 Å². The molecule has 0 bridgehead atoms. The van der Waals surface area contributed by atoms with Crippen molar-refractivity contribution in [1.82, 2.24) is 10.6 Å². The molecule has 0 aromatic heterocycles. The number of carboxylic acid groups (broad SMARTS) is 2. The van der Waals surface area contributed by atoms with Crippen LogP contribution in [-0.2, 0) is 14.3 Å². The van der Waals surface area contributed by atoms with Crippen molar-refractivity contribution in [3.8, 4) is 0 Å². The van der Waals surface area contributed by atoms with Crippen LogP contribution in [-0.4, -0.2) is 54.0 Å². The fourth-order valence-electron chi connectivity index (χ4n) is 1.09. The van der Waals surface area contributed by atoms with Crippen molar-refractivity contribution < 1.29 is 29.3 Å². The predicted octanol–water partition coefficient (Wildman–Crippen LogP) is -0.752. The van der Waals surface area contributed by atoms with Gasteiger partial charge in [0.15, 0.2) is 0 Å². The summed E-state index contributed by atoms with van der Waals surface area (Å²) in [6.45, 7) is 1.93. The van der Waals surface area contributed by atoms with Crippen molar-refractivity contribution in [2.75, 3.05) is 13.7 Å². The molecule has 0 aliphatic heterocycles. The molecular formula is C9H16N2O6. The van der Waals surface area contributed by atoms with E-state index in [-0.39, 0.29) is 12.6 Å². The van der Waals surface area contributed by atoms with Crippen molar-refractivity contribution in [3.05, 3.63) is 0 Å². The molecule has 0 aliphatic carbocycles. The summed E-state index contributed by atoms with van der Waals surface area (Å²) in [6.07, 6.45) is -0.679. The highest BCUT2D eigenvalue weighted by molar-refractivity contribution is 5.86. The van der Waals surface area contributed by atoms with Gasteiger partial charge < -0.3 is 25.6 Å². The number of ether oxygens (including phenoxy) is 1. The zero-order chi connectivity index (χ0) is 13.4. The molecule has 0 spiro atoms. The van der Waals surface area contributed by atoms with Gasteiger partial charge in [-0.3, -0.25) is 4.79 Å². The van der Waals surface area contributed by atoms with Crippen LogP contribution in [0.5, 0.6) is 0 Å². The first-order chi connectivity index (χ1) is 7.86. The van der Waals surface area contributed by atoms with E-state index in [0.717, 1.165) is 0 Å². The van der Waals surface area contributed by atoms with Crippen LogP contribution in [0.1, 0.15) is 13.3 Å². The lowest BCUT2D eigenvalue weighted by molar-refractivity contribution is -0.145. The Balaban J connectivity index is 4.21. The highest BCUT2D eigenvalue weighted by atomic mass is 16.5. The van der Waals surface area contributed by atoms with Crippen LogP contribution >= 0.6 is 0 Å². The average Bonchev–Trinajstić information content (AvgIpc) is 2.15. The molecule has 1 unspecified atom stereocenters. The van der Waals surface area contributed by atoms with Gasteiger partial charge in [0, 0.05) is 7.11 Å². The minimum absolute atomic E-state index is 0.268. The van der Waals surface area contributed by atoms with Crippen LogP contribution in [0.25, 0.3) is 0 Å². The van der Waals surface area contributed by atoms with Gasteiger partial charge in [0.2, 0.25) is 0 Å². The molecular weight excluding hydrogens is 232 g/mol. The molecule has 0 fully saturated rings. The molecule has 2 atom stereocenters. The van der Waals surface area contributed by atoms with Crippen LogP contribution in [0.4, 0.5) is 4.79 Å². The summed E-state index contributed by atoms with van der Waals surface area (Å²) in [5.41, 5.74) is 0. The standard InChI is InChI=1S/C9H16N2O6/c1-5(4-17-2)10-9(16)11-6(8(14)15)3-7(12)13/h5-6H,3-4H2,1-2H3,(H,12,13)(H,14,15)(H2,10,11,16)/t5?,6-/m1/s1. The van der Waals surface area contributed by atoms with Gasteiger partial charge in [-0.05, 0) is 6.92 Å². The first-order valence-corrected chi connectivity index (χ1v) is 4.87. The molecule has 0 aromatic carbocycles. The summed E-state index contributed by atoms with van der Waals surface area (Å²) >= 11 is 0. The Hall–Kier alpha value is -1.83. The van der Waals surface area contributed by atoms with Crippen LogP contribution in [0.3, 0.4) is 0 Å². The molecule has 0 heterocycles. The van der Waals surface area contributed by atoms with E-state index < -0.39 is 30.4 Å². The van der Waals surface area contributed by atoms with Crippen molar-refractivity contribution >= 4 is 18.0 Å². The number of hydrogen-bond donors (Lipinski definition) is 4. The number of hydrogen-bond acceptors (Lipinski definition) is 4. The summed E-state index contributed by atoms with van der Waals surface area (Å²) in [7, 11) is 1.46. The molecule has 0 saturated heterocycles. The summed E-state index contributed by atoms with van der Waals surface area (Å²) in [6, 6.07) is -2.51. The quantitative estimate of drug-likeness (QED) is 0.469. The Bertz CT molecular complexity index is 293. The van der Waals surface area contributed by atoms with Crippen molar-refractivity contribution in [3.63, 3.8) is 0 Å². The van der Waals surface area contributed by atoms with Crippen LogP contribution in [0, 0.1) is 0 Å². The molecule has 98 valence electrons. The maximum Gasteiger partial charge on any atom is 0.326 e. The first-order valence-electron chi connectivity index (χ1n) is 4.87. The number of urea groups is 1. The third-order valence-electron chi connectivity index (χ3n) is 1.78. The molecule has 0 rings (SSSR count). The smallest absolute Gasteiger partial charge is 0.326 e. The third-order valence-corrected chi connectivity index (χ3v) is 1.78. The minimum Gasteiger partial charge on any atom is -0.481 e. The zero-order valence-corrected chi connectivity index (χ0v) is 9.60. The number of carboxylic acids is 2. The largest absolute Gasteiger partial charge is 0.481 e. The number of rotatable bonds is 7. The average molecular weight is 248 g/mol. The summed E-state index contributed by atoms with van der Waals surface area (Å²) in [5, 5.41) is 21.6. The highest BCUT2D eigenvalue weighted by Crippen LogP contribution is 1.93. The second-order valence-electron chi connectivity index (χ2n) is 3.46. The van der Waals surface area contributed by atoms with Crippen LogP contribution in [0.15, 0.2) is 0 Å². The summed E-state index contributed by atoms with van der Waals surface area (Å²) in [5.74, 6) is -2.70. The Morgan fingerprint density at radius 3 is 2.24 bits per heavy atom. The van der Waals surface area contributed by atoms with Crippen molar-refractivity contribution in [1.29, 1.82) is 0 Å². The number of carbonyl (C=O) groups excluding carboxylic acids is 1. The number of aliphatic carboxylic acids is 2. The molecule has 2 amide bonds. The van der Waals surface area contributed by atoms with E-state index in [1.807, 2.05) is 0 Å². The van der Waals surface area contributed by atoms with Crippen molar-refractivity contribution in [2.24, 2.45) is 0 Å². The van der Waals surface area contributed by atoms with E-state index in [1.54, 1.807) is 6.92 Å². The van der Waals surface area contributed by atoms with Gasteiger partial charge in [0.05, 0.1) is 19.1 Å². The minimum atomic E-state index is -1.46. The Morgan fingerprint density at radius 1 is 1.24 bits per heavy atom. The summed E-state index contributed by atoms with van der Waals surface area (Å²) < 4.78 is 4.77. The SMILES string of the molecule is COCC(C)NC(=O)N[C@H](CC(=O)O)C(=O)O. The molecule has 8 nitrogen and oxygen atoms in total. The second-order valence-corrected chi connectivity index (χ2v) is 3.46.